The molecule has 0 fully saturated rings. The summed E-state index contributed by atoms with van der Waals surface area (Å²) < 4.78 is 11.2. The first-order chi connectivity index (χ1) is 16.3. The number of non-ortho nitro benzene ring substituents is 1. The third-order valence-corrected chi connectivity index (χ3v) is 5.01. The average Bonchev–Trinajstić information content (AvgIpc) is 2.81. The normalized spacial score (nSPS) is 10.8. The molecule has 172 valence electrons. The zero-order chi connectivity index (χ0) is 24.7. The molecule has 0 unspecified atom stereocenters. The Kier molecular flexibility index (Phi) is 7.85. The smallest absolute Gasteiger partial charge is 0.269 e. The molecule has 0 heterocycles. The fraction of sp³-hybridized carbons (Fsp3) is 0.120. The lowest BCUT2D eigenvalue weighted by Gasteiger charge is -2.13. The Balaban J connectivity index is 1.79. The summed E-state index contributed by atoms with van der Waals surface area (Å²) >= 11 is 6.39. The molecule has 0 aliphatic rings. The summed E-state index contributed by atoms with van der Waals surface area (Å²) in [5.41, 5.74) is 2.60. The van der Waals surface area contributed by atoms with Crippen LogP contribution in [-0.4, -0.2) is 17.9 Å². The van der Waals surface area contributed by atoms with Crippen LogP contribution in [0.5, 0.6) is 11.5 Å². The minimum Gasteiger partial charge on any atom is -0.493 e. The molecule has 1 amide bonds. The van der Waals surface area contributed by atoms with E-state index >= 15 is 0 Å². The highest BCUT2D eigenvalue weighted by Gasteiger charge is 2.15. The molecule has 0 bridgehead atoms. The van der Waals surface area contributed by atoms with Crippen molar-refractivity contribution in [2.45, 2.75) is 13.5 Å². The Morgan fingerprint density at radius 3 is 2.56 bits per heavy atom. The van der Waals surface area contributed by atoms with Gasteiger partial charge >= 0.3 is 0 Å². The summed E-state index contributed by atoms with van der Waals surface area (Å²) in [5.74, 6) is 0.0149. The zero-order valence-corrected chi connectivity index (χ0v) is 19.1. The molecule has 0 saturated carbocycles. The first-order valence-electron chi connectivity index (χ1n) is 10.0. The largest absolute Gasteiger partial charge is 0.493 e. The van der Waals surface area contributed by atoms with Crippen LogP contribution in [0.2, 0.25) is 5.02 Å². The number of methoxy groups -OCH3 is 1. The maximum Gasteiger partial charge on any atom is 0.269 e. The third-order valence-electron chi connectivity index (χ3n) is 4.73. The van der Waals surface area contributed by atoms with Crippen molar-refractivity contribution in [3.8, 4) is 17.6 Å². The second-order valence-electron chi connectivity index (χ2n) is 7.24. The van der Waals surface area contributed by atoms with Gasteiger partial charge < -0.3 is 14.8 Å². The SMILES string of the molecule is COc1cc(/C=C(/C#N)C(=O)Nc2cccc(C)c2)cc(Cl)c1OCc1ccc([N+](=O)[O-])cc1. The number of halogens is 1. The van der Waals surface area contributed by atoms with Crippen molar-refractivity contribution < 1.29 is 19.2 Å². The predicted octanol–water partition coefficient (Wildman–Crippen LogP) is 5.69. The van der Waals surface area contributed by atoms with Gasteiger partial charge in [-0.1, -0.05) is 23.7 Å². The van der Waals surface area contributed by atoms with Crippen molar-refractivity contribution in [1.82, 2.24) is 0 Å². The lowest BCUT2D eigenvalue weighted by Crippen LogP contribution is -2.13. The monoisotopic (exact) mass is 477 g/mol. The number of nitrogens with one attached hydrogen (secondary N) is 1. The molecule has 9 heteroatoms. The molecule has 3 aromatic rings. The number of anilines is 1. The van der Waals surface area contributed by atoms with Crippen molar-refractivity contribution in [3.63, 3.8) is 0 Å². The highest BCUT2D eigenvalue weighted by Crippen LogP contribution is 2.37. The van der Waals surface area contributed by atoms with E-state index in [1.807, 2.05) is 19.1 Å². The molecule has 34 heavy (non-hydrogen) atoms. The van der Waals surface area contributed by atoms with Crippen molar-refractivity contribution in [2.75, 3.05) is 12.4 Å². The van der Waals surface area contributed by atoms with E-state index in [1.54, 1.807) is 42.5 Å². The van der Waals surface area contributed by atoms with Crippen LogP contribution in [0.15, 0.2) is 66.2 Å². The number of nitrogens with zero attached hydrogens (tertiary/aromatic N) is 2. The van der Waals surface area contributed by atoms with E-state index in [9.17, 15) is 20.2 Å². The topological polar surface area (TPSA) is 114 Å². The lowest BCUT2D eigenvalue weighted by molar-refractivity contribution is -0.384. The number of rotatable bonds is 8. The van der Waals surface area contributed by atoms with E-state index < -0.39 is 10.8 Å². The molecule has 0 atom stereocenters. The zero-order valence-electron chi connectivity index (χ0n) is 18.4. The molecule has 0 spiro atoms. The van der Waals surface area contributed by atoms with Crippen LogP contribution in [0.1, 0.15) is 16.7 Å². The molecule has 0 aromatic heterocycles. The Morgan fingerprint density at radius 2 is 1.94 bits per heavy atom. The molecule has 3 rings (SSSR count). The van der Waals surface area contributed by atoms with Gasteiger partial charge in [-0.3, -0.25) is 14.9 Å². The number of nitriles is 1. The van der Waals surface area contributed by atoms with E-state index in [0.717, 1.165) is 5.56 Å². The van der Waals surface area contributed by atoms with Crippen molar-refractivity contribution in [1.29, 1.82) is 5.26 Å². The van der Waals surface area contributed by atoms with E-state index in [1.165, 1.54) is 25.3 Å². The van der Waals surface area contributed by atoms with Gasteiger partial charge in [0.25, 0.3) is 11.6 Å². The summed E-state index contributed by atoms with van der Waals surface area (Å²) in [7, 11) is 1.44. The van der Waals surface area contributed by atoms with Crippen LogP contribution in [0.25, 0.3) is 6.08 Å². The Bertz CT molecular complexity index is 1300. The van der Waals surface area contributed by atoms with Gasteiger partial charge in [0.05, 0.1) is 17.1 Å². The number of hydrogen-bond donors (Lipinski definition) is 1. The Hall–Kier alpha value is -4.35. The average molecular weight is 478 g/mol. The number of carbonyl (C=O) groups is 1. The van der Waals surface area contributed by atoms with Gasteiger partial charge in [0.2, 0.25) is 0 Å². The van der Waals surface area contributed by atoms with Gasteiger partial charge in [-0.05, 0) is 66.1 Å². The number of amides is 1. The number of hydrogen-bond acceptors (Lipinski definition) is 6. The number of benzene rings is 3. The first kappa shape index (κ1) is 24.3. The standard InChI is InChI=1S/C25H20ClN3O5/c1-16-4-3-5-20(10-16)28-25(30)19(14-27)11-18-12-22(26)24(23(13-18)33-2)34-15-17-6-8-21(9-7-17)29(31)32/h3-13H,15H2,1-2H3,(H,28,30)/b19-11-. The van der Waals surface area contributed by atoms with Crippen molar-refractivity contribution in [2.24, 2.45) is 0 Å². The molecular formula is C25H20ClN3O5. The van der Waals surface area contributed by atoms with E-state index in [2.05, 4.69) is 5.32 Å². The van der Waals surface area contributed by atoms with Crippen LogP contribution in [-0.2, 0) is 11.4 Å². The predicted molar refractivity (Wildman–Crippen MR) is 129 cm³/mol. The molecule has 0 saturated heterocycles. The van der Waals surface area contributed by atoms with Gasteiger partial charge in [0, 0.05) is 17.8 Å². The van der Waals surface area contributed by atoms with E-state index in [0.29, 0.717) is 22.6 Å². The number of carbonyl (C=O) groups excluding carboxylic acids is 1. The summed E-state index contributed by atoms with van der Waals surface area (Å²) in [5, 5.41) is 23.2. The van der Waals surface area contributed by atoms with Crippen LogP contribution >= 0.6 is 11.6 Å². The minimum atomic E-state index is -0.554. The van der Waals surface area contributed by atoms with Gasteiger partial charge in [-0.15, -0.1) is 0 Å². The van der Waals surface area contributed by atoms with Crippen LogP contribution in [0, 0.1) is 28.4 Å². The summed E-state index contributed by atoms with van der Waals surface area (Å²) in [6.07, 6.45) is 1.40. The van der Waals surface area contributed by atoms with Crippen LogP contribution < -0.4 is 14.8 Å². The highest BCUT2D eigenvalue weighted by molar-refractivity contribution is 6.32. The fourth-order valence-electron chi connectivity index (χ4n) is 3.07. The molecule has 0 aliphatic heterocycles. The van der Waals surface area contributed by atoms with E-state index in [-0.39, 0.29) is 28.6 Å². The number of ether oxygens (including phenoxy) is 2. The second kappa shape index (κ2) is 11.0. The second-order valence-corrected chi connectivity index (χ2v) is 7.65. The molecule has 3 aromatic carbocycles. The fourth-order valence-corrected chi connectivity index (χ4v) is 3.34. The Labute approximate surface area is 201 Å². The van der Waals surface area contributed by atoms with Crippen LogP contribution in [0.3, 0.4) is 0 Å². The maximum absolute atomic E-state index is 12.6. The minimum absolute atomic E-state index is 0.0183. The number of nitro benzene ring substituents is 1. The lowest BCUT2D eigenvalue weighted by atomic mass is 10.1. The highest BCUT2D eigenvalue weighted by atomic mass is 35.5. The number of nitro groups is 1. The molecule has 8 nitrogen and oxygen atoms in total. The summed E-state index contributed by atoms with van der Waals surface area (Å²) in [6, 6.07) is 18.2. The molecule has 0 radical (unpaired) electrons. The first-order valence-corrected chi connectivity index (χ1v) is 10.4. The van der Waals surface area contributed by atoms with Gasteiger partial charge in [0.15, 0.2) is 11.5 Å². The van der Waals surface area contributed by atoms with Gasteiger partial charge in [0.1, 0.15) is 18.2 Å². The Morgan fingerprint density at radius 1 is 1.21 bits per heavy atom. The van der Waals surface area contributed by atoms with Crippen molar-refractivity contribution in [3.05, 3.63) is 98.1 Å². The maximum atomic E-state index is 12.6. The molecule has 0 aliphatic carbocycles. The van der Waals surface area contributed by atoms with Gasteiger partial charge in [-0.25, -0.2) is 0 Å². The third kappa shape index (κ3) is 6.12. The van der Waals surface area contributed by atoms with E-state index in [4.69, 9.17) is 21.1 Å². The van der Waals surface area contributed by atoms with Gasteiger partial charge in [-0.2, -0.15) is 5.26 Å². The molecule has 1 N–H and O–H groups in total. The molecular weight excluding hydrogens is 458 g/mol. The van der Waals surface area contributed by atoms with Crippen LogP contribution in [0.4, 0.5) is 11.4 Å². The summed E-state index contributed by atoms with van der Waals surface area (Å²) in [6.45, 7) is 2.00. The summed E-state index contributed by atoms with van der Waals surface area (Å²) in [4.78, 5) is 22.9. The quantitative estimate of drug-likeness (QED) is 0.193. The number of aryl methyl sites for hydroxylation is 1. The van der Waals surface area contributed by atoms with Crippen molar-refractivity contribution >= 4 is 35.0 Å².